The van der Waals surface area contributed by atoms with Crippen LogP contribution in [0.4, 0.5) is 0 Å². The molecule has 0 aliphatic carbocycles. The topological polar surface area (TPSA) is 30.5 Å². The van der Waals surface area contributed by atoms with Gasteiger partial charge in [-0.2, -0.15) is 11.3 Å². The van der Waals surface area contributed by atoms with Crippen LogP contribution < -0.4 is 14.8 Å². The van der Waals surface area contributed by atoms with Crippen LogP contribution in [-0.4, -0.2) is 13.2 Å². The summed E-state index contributed by atoms with van der Waals surface area (Å²) in [5.74, 6) is 1.66. The number of hydrogen-bond donors (Lipinski definition) is 1. The lowest BCUT2D eigenvalue weighted by Gasteiger charge is -2.12. The fourth-order valence-electron chi connectivity index (χ4n) is 2.13. The fourth-order valence-corrected chi connectivity index (χ4v) is 3.40. The standard InChI is InChI=1S/C15H16BrNO2S/c16-13-6-12(9-17-8-11-2-5-20-10-11)7-14-15(13)19-4-1-3-18-14/h2,5-7,10,17H,1,3-4,8-9H2. The smallest absolute Gasteiger partial charge is 0.175 e. The molecule has 3 nitrogen and oxygen atoms in total. The van der Waals surface area contributed by atoms with Gasteiger partial charge in [0.15, 0.2) is 11.5 Å². The zero-order valence-corrected chi connectivity index (χ0v) is 13.4. The van der Waals surface area contributed by atoms with Gasteiger partial charge in [0.2, 0.25) is 0 Å². The second-order valence-electron chi connectivity index (χ2n) is 4.69. The third-order valence-corrected chi connectivity index (χ3v) is 4.42. The average Bonchev–Trinajstić information content (AvgIpc) is 2.83. The van der Waals surface area contributed by atoms with Gasteiger partial charge in [-0.25, -0.2) is 0 Å². The second-order valence-corrected chi connectivity index (χ2v) is 6.32. The number of fused-ring (bicyclic) bond motifs is 1. The summed E-state index contributed by atoms with van der Waals surface area (Å²) in [5, 5.41) is 7.71. The molecular weight excluding hydrogens is 338 g/mol. The van der Waals surface area contributed by atoms with Gasteiger partial charge >= 0.3 is 0 Å². The lowest BCUT2D eigenvalue weighted by Crippen LogP contribution is -2.12. The molecule has 20 heavy (non-hydrogen) atoms. The van der Waals surface area contributed by atoms with Crippen molar-refractivity contribution in [3.63, 3.8) is 0 Å². The summed E-state index contributed by atoms with van der Waals surface area (Å²) in [7, 11) is 0. The molecule has 1 N–H and O–H groups in total. The molecule has 1 aromatic heterocycles. The number of nitrogens with one attached hydrogen (secondary N) is 1. The highest BCUT2D eigenvalue weighted by Crippen LogP contribution is 2.38. The SMILES string of the molecule is Brc1cc(CNCc2ccsc2)cc2c1OCCCO2. The largest absolute Gasteiger partial charge is 0.490 e. The van der Waals surface area contributed by atoms with Gasteiger partial charge < -0.3 is 14.8 Å². The van der Waals surface area contributed by atoms with Crippen molar-refractivity contribution in [2.45, 2.75) is 19.5 Å². The zero-order chi connectivity index (χ0) is 13.8. The molecule has 2 aromatic rings. The van der Waals surface area contributed by atoms with Gasteiger partial charge in [0.25, 0.3) is 0 Å². The van der Waals surface area contributed by atoms with Crippen LogP contribution in [0.15, 0.2) is 33.4 Å². The Balaban J connectivity index is 1.67. The molecule has 106 valence electrons. The van der Waals surface area contributed by atoms with E-state index in [-0.39, 0.29) is 0 Å². The molecule has 0 unspecified atom stereocenters. The summed E-state index contributed by atoms with van der Waals surface area (Å²) in [6.07, 6.45) is 0.923. The molecule has 0 atom stereocenters. The van der Waals surface area contributed by atoms with Crippen LogP contribution in [0.1, 0.15) is 17.5 Å². The molecule has 0 radical (unpaired) electrons. The van der Waals surface area contributed by atoms with Crippen molar-refractivity contribution in [1.82, 2.24) is 5.32 Å². The molecule has 3 rings (SSSR count). The van der Waals surface area contributed by atoms with Crippen LogP contribution in [-0.2, 0) is 13.1 Å². The van der Waals surface area contributed by atoms with E-state index in [0.717, 1.165) is 35.5 Å². The van der Waals surface area contributed by atoms with E-state index in [9.17, 15) is 0 Å². The van der Waals surface area contributed by atoms with E-state index in [4.69, 9.17) is 9.47 Å². The van der Waals surface area contributed by atoms with E-state index in [1.165, 1.54) is 11.1 Å². The number of benzene rings is 1. The Bertz CT molecular complexity index is 572. The molecule has 0 spiro atoms. The molecule has 0 fully saturated rings. The van der Waals surface area contributed by atoms with Crippen molar-refractivity contribution in [2.24, 2.45) is 0 Å². The molecule has 0 saturated heterocycles. The molecule has 1 aromatic carbocycles. The first-order valence-corrected chi connectivity index (χ1v) is 8.36. The summed E-state index contributed by atoms with van der Waals surface area (Å²) >= 11 is 5.29. The van der Waals surface area contributed by atoms with E-state index in [0.29, 0.717) is 13.2 Å². The zero-order valence-electron chi connectivity index (χ0n) is 11.0. The number of thiophene rings is 1. The minimum absolute atomic E-state index is 0.710. The molecule has 0 saturated carbocycles. The first kappa shape index (κ1) is 13.9. The average molecular weight is 354 g/mol. The molecule has 0 bridgehead atoms. The van der Waals surface area contributed by atoms with E-state index < -0.39 is 0 Å². The Hall–Kier alpha value is -1.04. The quantitative estimate of drug-likeness (QED) is 0.902. The normalized spacial score (nSPS) is 14.1. The second kappa shape index (κ2) is 6.61. The molecule has 0 amide bonds. The van der Waals surface area contributed by atoms with Crippen LogP contribution in [0.25, 0.3) is 0 Å². The fraction of sp³-hybridized carbons (Fsp3) is 0.333. The van der Waals surface area contributed by atoms with E-state index in [1.54, 1.807) is 11.3 Å². The van der Waals surface area contributed by atoms with Crippen molar-refractivity contribution in [3.05, 3.63) is 44.6 Å². The van der Waals surface area contributed by atoms with Crippen LogP contribution >= 0.6 is 27.3 Å². The van der Waals surface area contributed by atoms with Gasteiger partial charge in [-0.05, 0) is 56.0 Å². The van der Waals surface area contributed by atoms with E-state index in [1.807, 2.05) is 0 Å². The molecule has 2 heterocycles. The Morgan fingerprint density at radius 2 is 2.00 bits per heavy atom. The Morgan fingerprint density at radius 1 is 1.15 bits per heavy atom. The molecular formula is C15H16BrNO2S. The first-order valence-electron chi connectivity index (χ1n) is 6.63. The number of rotatable bonds is 4. The maximum absolute atomic E-state index is 5.74. The Morgan fingerprint density at radius 3 is 2.85 bits per heavy atom. The van der Waals surface area contributed by atoms with Crippen molar-refractivity contribution in [3.8, 4) is 11.5 Å². The van der Waals surface area contributed by atoms with Crippen molar-refractivity contribution in [1.29, 1.82) is 0 Å². The van der Waals surface area contributed by atoms with Gasteiger partial charge in [0, 0.05) is 19.5 Å². The maximum Gasteiger partial charge on any atom is 0.175 e. The molecule has 5 heteroatoms. The highest BCUT2D eigenvalue weighted by atomic mass is 79.9. The van der Waals surface area contributed by atoms with Gasteiger partial charge in [0.1, 0.15) is 0 Å². The predicted molar refractivity (Wildman–Crippen MR) is 84.6 cm³/mol. The predicted octanol–water partition coefficient (Wildman–Crippen LogP) is 3.96. The summed E-state index contributed by atoms with van der Waals surface area (Å²) in [4.78, 5) is 0. The van der Waals surface area contributed by atoms with Crippen molar-refractivity contribution >= 4 is 27.3 Å². The highest BCUT2D eigenvalue weighted by Gasteiger charge is 2.15. The third kappa shape index (κ3) is 3.34. The summed E-state index contributed by atoms with van der Waals surface area (Å²) in [6.45, 7) is 3.12. The Kier molecular flexibility index (Phi) is 4.60. The third-order valence-electron chi connectivity index (χ3n) is 3.10. The number of halogens is 1. The minimum atomic E-state index is 0.710. The molecule has 1 aliphatic heterocycles. The lowest BCUT2D eigenvalue weighted by atomic mass is 10.2. The van der Waals surface area contributed by atoms with Crippen LogP contribution in [0.3, 0.4) is 0 Å². The van der Waals surface area contributed by atoms with Gasteiger partial charge in [-0.3, -0.25) is 0 Å². The monoisotopic (exact) mass is 353 g/mol. The van der Waals surface area contributed by atoms with Crippen molar-refractivity contribution < 1.29 is 9.47 Å². The van der Waals surface area contributed by atoms with E-state index >= 15 is 0 Å². The maximum atomic E-state index is 5.74. The first-order chi connectivity index (χ1) is 9.83. The Labute approximate surface area is 131 Å². The highest BCUT2D eigenvalue weighted by molar-refractivity contribution is 9.10. The lowest BCUT2D eigenvalue weighted by molar-refractivity contribution is 0.296. The summed E-state index contributed by atoms with van der Waals surface area (Å²) in [6, 6.07) is 6.29. The van der Waals surface area contributed by atoms with Crippen molar-refractivity contribution in [2.75, 3.05) is 13.2 Å². The summed E-state index contributed by atoms with van der Waals surface area (Å²) in [5.41, 5.74) is 2.51. The van der Waals surface area contributed by atoms with Crippen LogP contribution in [0.5, 0.6) is 11.5 Å². The van der Waals surface area contributed by atoms with Gasteiger partial charge in [-0.15, -0.1) is 0 Å². The summed E-state index contributed by atoms with van der Waals surface area (Å²) < 4.78 is 12.4. The van der Waals surface area contributed by atoms with Gasteiger partial charge in [0.05, 0.1) is 17.7 Å². The molecule has 1 aliphatic rings. The minimum Gasteiger partial charge on any atom is -0.490 e. The van der Waals surface area contributed by atoms with E-state index in [2.05, 4.69) is 50.2 Å². The van der Waals surface area contributed by atoms with Crippen LogP contribution in [0, 0.1) is 0 Å². The van der Waals surface area contributed by atoms with Gasteiger partial charge in [-0.1, -0.05) is 0 Å². The number of hydrogen-bond acceptors (Lipinski definition) is 4. The number of ether oxygens (including phenoxy) is 2. The van der Waals surface area contributed by atoms with Crippen LogP contribution in [0.2, 0.25) is 0 Å².